The third kappa shape index (κ3) is 3.55. The van der Waals surface area contributed by atoms with Gasteiger partial charge in [0.2, 0.25) is 10.0 Å². The van der Waals surface area contributed by atoms with Gasteiger partial charge in [0.25, 0.3) is 0 Å². The molecule has 0 saturated carbocycles. The van der Waals surface area contributed by atoms with Crippen LogP contribution in [0.2, 0.25) is 0 Å². The van der Waals surface area contributed by atoms with E-state index in [1.165, 1.54) is 0 Å². The first-order valence-corrected chi connectivity index (χ1v) is 7.76. The van der Waals surface area contributed by atoms with E-state index in [4.69, 9.17) is 0 Å². The minimum atomic E-state index is -3.32. The Labute approximate surface area is 116 Å². The Morgan fingerprint density at radius 2 is 1.84 bits per heavy atom. The Balaban J connectivity index is 0.00000180. The molecule has 19 heavy (non-hydrogen) atoms. The van der Waals surface area contributed by atoms with E-state index in [-0.39, 0.29) is 7.43 Å². The van der Waals surface area contributed by atoms with E-state index in [2.05, 4.69) is 19.2 Å². The van der Waals surface area contributed by atoms with Gasteiger partial charge in [-0.05, 0) is 23.6 Å². The molecule has 108 valence electrons. The monoisotopic (exact) mass is 284 g/mol. The largest absolute Gasteiger partial charge is 0.314 e. The van der Waals surface area contributed by atoms with E-state index in [9.17, 15) is 8.42 Å². The molecule has 5 heteroatoms. The molecular formula is C14H24N2O2S. The molecule has 1 aromatic rings. The molecule has 0 aromatic heterocycles. The average Bonchev–Trinajstić information content (AvgIpc) is 2.40. The van der Waals surface area contributed by atoms with E-state index in [0.717, 1.165) is 18.7 Å². The maximum absolute atomic E-state index is 12.5. The van der Waals surface area contributed by atoms with Crippen LogP contribution in [0.25, 0.3) is 0 Å². The summed E-state index contributed by atoms with van der Waals surface area (Å²) in [5.74, 6) is 0.336. The van der Waals surface area contributed by atoms with Crippen molar-refractivity contribution in [3.63, 3.8) is 0 Å². The highest BCUT2D eigenvalue weighted by atomic mass is 32.2. The summed E-state index contributed by atoms with van der Waals surface area (Å²) >= 11 is 0. The summed E-state index contributed by atoms with van der Waals surface area (Å²) in [6, 6.07) is 7.27. The minimum Gasteiger partial charge on any atom is -0.314 e. The second-order valence-corrected chi connectivity index (χ2v) is 6.82. The molecule has 1 heterocycles. The highest BCUT2D eigenvalue weighted by molar-refractivity contribution is 7.89. The van der Waals surface area contributed by atoms with Crippen molar-refractivity contribution in [1.29, 1.82) is 0 Å². The predicted molar refractivity (Wildman–Crippen MR) is 78.9 cm³/mol. The fraction of sp³-hybridized carbons (Fsp3) is 0.571. The molecular weight excluding hydrogens is 260 g/mol. The van der Waals surface area contributed by atoms with Crippen LogP contribution in [0.5, 0.6) is 0 Å². The molecule has 1 saturated heterocycles. The average molecular weight is 284 g/mol. The summed E-state index contributed by atoms with van der Waals surface area (Å²) in [4.78, 5) is 0.413. The van der Waals surface area contributed by atoms with Crippen LogP contribution in [0, 0.1) is 0 Å². The molecule has 2 rings (SSSR count). The van der Waals surface area contributed by atoms with E-state index in [1.54, 1.807) is 16.4 Å². The molecule has 1 aliphatic heterocycles. The Morgan fingerprint density at radius 1 is 1.21 bits per heavy atom. The van der Waals surface area contributed by atoms with Gasteiger partial charge in [0.15, 0.2) is 0 Å². The lowest BCUT2D eigenvalue weighted by molar-refractivity contribution is 0.360. The molecule has 0 amide bonds. The number of sulfonamides is 1. The molecule has 1 N–H and O–H groups in total. The van der Waals surface area contributed by atoms with E-state index < -0.39 is 10.0 Å². The smallest absolute Gasteiger partial charge is 0.243 e. The van der Waals surface area contributed by atoms with Crippen LogP contribution in [0.4, 0.5) is 0 Å². The van der Waals surface area contributed by atoms with Gasteiger partial charge in [-0.1, -0.05) is 33.4 Å². The van der Waals surface area contributed by atoms with Crippen molar-refractivity contribution in [3.8, 4) is 0 Å². The number of benzene rings is 1. The first-order valence-electron chi connectivity index (χ1n) is 6.32. The Bertz CT molecular complexity index is 506. The van der Waals surface area contributed by atoms with Crippen molar-refractivity contribution in [2.45, 2.75) is 32.1 Å². The lowest BCUT2D eigenvalue weighted by atomic mass is 10.0. The number of rotatable bonds is 3. The molecule has 0 radical (unpaired) electrons. The van der Waals surface area contributed by atoms with Crippen molar-refractivity contribution in [3.05, 3.63) is 29.8 Å². The number of nitrogens with zero attached hydrogens (tertiary/aromatic N) is 1. The number of hydrogen-bond donors (Lipinski definition) is 1. The molecule has 0 unspecified atom stereocenters. The number of hydrogen-bond acceptors (Lipinski definition) is 3. The van der Waals surface area contributed by atoms with Crippen molar-refractivity contribution >= 4 is 10.0 Å². The molecule has 4 nitrogen and oxygen atoms in total. The van der Waals surface area contributed by atoms with Crippen LogP contribution in [-0.2, 0) is 10.0 Å². The Kier molecular flexibility index (Phi) is 5.52. The van der Waals surface area contributed by atoms with Crippen LogP contribution in [0.1, 0.15) is 32.8 Å². The van der Waals surface area contributed by atoms with Crippen LogP contribution in [0.15, 0.2) is 29.2 Å². The van der Waals surface area contributed by atoms with Gasteiger partial charge in [-0.15, -0.1) is 0 Å². The molecule has 0 atom stereocenters. The fourth-order valence-electron chi connectivity index (χ4n) is 2.07. The van der Waals surface area contributed by atoms with E-state index >= 15 is 0 Å². The summed E-state index contributed by atoms with van der Waals surface area (Å²) in [6.45, 7) is 6.68. The van der Waals surface area contributed by atoms with E-state index in [1.807, 2.05) is 12.1 Å². The molecule has 1 aromatic carbocycles. The lowest BCUT2D eigenvalue weighted by Gasteiger charge is -2.26. The van der Waals surface area contributed by atoms with E-state index in [0.29, 0.717) is 23.9 Å². The highest BCUT2D eigenvalue weighted by Gasteiger charge is 2.25. The minimum absolute atomic E-state index is 0. The second-order valence-electron chi connectivity index (χ2n) is 4.88. The first kappa shape index (κ1) is 16.1. The lowest BCUT2D eigenvalue weighted by Crippen LogP contribution is -2.46. The van der Waals surface area contributed by atoms with Gasteiger partial charge in [0.1, 0.15) is 0 Å². The fourth-order valence-corrected chi connectivity index (χ4v) is 3.56. The standard InChI is InChI=1S/C13H20N2O2S.CH4/c1-11(2)12-4-3-5-13(10-12)18(16,17)15-8-6-14-7-9-15;/h3-5,10-11,14H,6-9H2,1-2H3;1H4. The van der Waals surface area contributed by atoms with Gasteiger partial charge in [-0.3, -0.25) is 0 Å². The maximum Gasteiger partial charge on any atom is 0.243 e. The summed E-state index contributed by atoms with van der Waals surface area (Å²) in [6.07, 6.45) is 0. The summed E-state index contributed by atoms with van der Waals surface area (Å²) in [5, 5.41) is 3.16. The molecule has 0 bridgehead atoms. The number of piperazine rings is 1. The van der Waals surface area contributed by atoms with Crippen LogP contribution < -0.4 is 5.32 Å². The second kappa shape index (κ2) is 6.50. The quantitative estimate of drug-likeness (QED) is 0.924. The first-order chi connectivity index (χ1) is 8.51. The molecule has 0 aliphatic carbocycles. The highest BCUT2D eigenvalue weighted by Crippen LogP contribution is 2.21. The third-order valence-corrected chi connectivity index (χ3v) is 5.13. The molecule has 1 aliphatic rings. The topological polar surface area (TPSA) is 49.4 Å². The van der Waals surface area contributed by atoms with Crippen LogP contribution >= 0.6 is 0 Å². The normalized spacial score (nSPS) is 17.2. The number of nitrogens with one attached hydrogen (secondary N) is 1. The molecule has 0 spiro atoms. The van der Waals surface area contributed by atoms with Gasteiger partial charge < -0.3 is 5.32 Å². The maximum atomic E-state index is 12.5. The van der Waals surface area contributed by atoms with Crippen LogP contribution in [0.3, 0.4) is 0 Å². The van der Waals surface area contributed by atoms with Crippen molar-refractivity contribution in [1.82, 2.24) is 9.62 Å². The van der Waals surface area contributed by atoms with Gasteiger partial charge >= 0.3 is 0 Å². The molecule has 1 fully saturated rings. The zero-order valence-corrected chi connectivity index (χ0v) is 11.7. The summed E-state index contributed by atoms with van der Waals surface area (Å²) < 4.78 is 26.5. The van der Waals surface area contributed by atoms with Crippen molar-refractivity contribution in [2.75, 3.05) is 26.2 Å². The Morgan fingerprint density at radius 3 is 2.42 bits per heavy atom. The van der Waals surface area contributed by atoms with Crippen molar-refractivity contribution in [2.24, 2.45) is 0 Å². The van der Waals surface area contributed by atoms with Gasteiger partial charge in [0, 0.05) is 26.2 Å². The van der Waals surface area contributed by atoms with Gasteiger partial charge in [-0.2, -0.15) is 4.31 Å². The van der Waals surface area contributed by atoms with Crippen molar-refractivity contribution < 1.29 is 8.42 Å². The predicted octanol–water partition coefficient (Wildman–Crippen LogP) is 2.04. The summed E-state index contributed by atoms with van der Waals surface area (Å²) in [5.41, 5.74) is 1.06. The van der Waals surface area contributed by atoms with Gasteiger partial charge in [0.05, 0.1) is 4.90 Å². The van der Waals surface area contributed by atoms with Crippen LogP contribution in [-0.4, -0.2) is 38.9 Å². The Hall–Kier alpha value is -0.910. The SMILES string of the molecule is C.CC(C)c1cccc(S(=O)(=O)N2CCNCC2)c1. The van der Waals surface area contributed by atoms with Gasteiger partial charge in [-0.25, -0.2) is 8.42 Å². The third-order valence-electron chi connectivity index (χ3n) is 3.24. The zero-order valence-electron chi connectivity index (χ0n) is 10.9. The zero-order chi connectivity index (χ0) is 13.2. The summed E-state index contributed by atoms with van der Waals surface area (Å²) in [7, 11) is -3.32.